The van der Waals surface area contributed by atoms with Gasteiger partial charge in [-0.1, -0.05) is 0 Å². The van der Waals surface area contributed by atoms with Crippen LogP contribution < -0.4 is 0 Å². The summed E-state index contributed by atoms with van der Waals surface area (Å²) >= 11 is -4.76. The van der Waals surface area contributed by atoms with Crippen molar-refractivity contribution in [2.24, 2.45) is 5.41 Å². The zero-order valence-corrected chi connectivity index (χ0v) is 15.8. The van der Waals surface area contributed by atoms with Crippen molar-refractivity contribution < 1.29 is 23.6 Å². The van der Waals surface area contributed by atoms with Gasteiger partial charge < -0.3 is 0 Å². The first-order valence-electron chi connectivity index (χ1n) is 6.50. The molecule has 0 amide bonds. The van der Waals surface area contributed by atoms with Gasteiger partial charge in [0, 0.05) is 0 Å². The van der Waals surface area contributed by atoms with Gasteiger partial charge in [-0.05, 0) is 0 Å². The molecule has 0 fully saturated rings. The van der Waals surface area contributed by atoms with E-state index < -0.39 is 37.5 Å². The van der Waals surface area contributed by atoms with E-state index >= 15 is 0 Å². The number of hydrogen-bond acceptors (Lipinski definition) is 6. The number of hydrogen-bond donors (Lipinski definition) is 0. The third kappa shape index (κ3) is 7.89. The van der Waals surface area contributed by atoms with E-state index in [1.807, 2.05) is 20.8 Å². The first-order valence-corrected chi connectivity index (χ1v) is 12.0. The van der Waals surface area contributed by atoms with Gasteiger partial charge >= 0.3 is 130 Å². The van der Waals surface area contributed by atoms with E-state index in [9.17, 15) is 14.4 Å². The molecule has 0 aromatic rings. The fourth-order valence-electron chi connectivity index (χ4n) is 1.46. The standard InChI is InChI=1S/C5H11.C3H6O2.2C3H4O2.Sn/c1-5(2,3)4;3*1-2-3(4)5;/h1H2,2-4H3;2H2,1H3,(H,4,5);2*2H,1H2,(H,4,5);/q;;;;+3/p-3. The van der Waals surface area contributed by atoms with Gasteiger partial charge in [0.05, 0.1) is 0 Å². The maximum absolute atomic E-state index is 11.6. The molecule has 0 saturated carbocycles. The van der Waals surface area contributed by atoms with Crippen LogP contribution in [0.3, 0.4) is 0 Å². The molecule has 7 heteroatoms. The summed E-state index contributed by atoms with van der Waals surface area (Å²) in [6.07, 6.45) is 1.96. The molecule has 0 aliphatic carbocycles. The van der Waals surface area contributed by atoms with Crippen LogP contribution in [0.4, 0.5) is 0 Å². The Kier molecular flexibility index (Phi) is 7.70. The summed E-state index contributed by atoms with van der Waals surface area (Å²) in [7, 11) is 0. The molecule has 0 atom stereocenters. The molecule has 0 heterocycles. The fraction of sp³-hybridized carbons (Fsp3) is 0.500. The molecule has 0 bridgehead atoms. The van der Waals surface area contributed by atoms with Crippen molar-refractivity contribution in [3.05, 3.63) is 25.3 Å². The second kappa shape index (κ2) is 8.21. The van der Waals surface area contributed by atoms with Crippen LogP contribution in [0, 0.1) is 5.41 Å². The van der Waals surface area contributed by atoms with Crippen LogP contribution in [-0.2, 0) is 23.6 Å². The van der Waals surface area contributed by atoms with E-state index in [1.54, 1.807) is 6.92 Å². The van der Waals surface area contributed by atoms with Gasteiger partial charge in [-0.15, -0.1) is 0 Å². The van der Waals surface area contributed by atoms with Crippen molar-refractivity contribution in [1.29, 1.82) is 0 Å². The molecule has 0 saturated heterocycles. The van der Waals surface area contributed by atoms with Crippen LogP contribution in [0.2, 0.25) is 4.44 Å². The summed E-state index contributed by atoms with van der Waals surface area (Å²) in [4.78, 5) is 34.8. The minimum atomic E-state index is -4.76. The Morgan fingerprint density at radius 3 is 1.71 bits per heavy atom. The van der Waals surface area contributed by atoms with E-state index in [-0.39, 0.29) is 16.3 Å². The maximum atomic E-state index is 11.6. The van der Waals surface area contributed by atoms with Gasteiger partial charge in [0.15, 0.2) is 0 Å². The molecule has 21 heavy (non-hydrogen) atoms. The molecule has 0 rings (SSSR count). The molecule has 0 aliphatic heterocycles. The Labute approximate surface area is 130 Å². The summed E-state index contributed by atoms with van der Waals surface area (Å²) in [6.45, 7) is 13.8. The molecule has 0 unspecified atom stereocenters. The van der Waals surface area contributed by atoms with Gasteiger partial charge in [-0.2, -0.15) is 0 Å². The predicted molar refractivity (Wildman–Crippen MR) is 79.0 cm³/mol. The molecule has 6 nitrogen and oxygen atoms in total. The summed E-state index contributed by atoms with van der Waals surface area (Å²) in [5, 5.41) is 0. The molecule has 0 radical (unpaired) electrons. The minimum absolute atomic E-state index is 0.0834. The van der Waals surface area contributed by atoms with Crippen LogP contribution in [0.5, 0.6) is 0 Å². The van der Waals surface area contributed by atoms with Gasteiger partial charge in [0.2, 0.25) is 0 Å². The monoisotopic (exact) mass is 406 g/mol. The first-order chi connectivity index (χ1) is 9.57. The Hall–Kier alpha value is -1.31. The first kappa shape index (κ1) is 19.7. The SMILES string of the molecule is C=CC(=O)[O][Sn]([CH2]C(C)(C)C)([O]C(=O)C=C)[O]C(=O)CC. The van der Waals surface area contributed by atoms with E-state index in [2.05, 4.69) is 13.2 Å². The quantitative estimate of drug-likeness (QED) is 0.478. The number of carbonyl (C=O) groups excluding carboxylic acids is 3. The van der Waals surface area contributed by atoms with Crippen molar-refractivity contribution in [1.82, 2.24) is 0 Å². The molecule has 0 spiro atoms. The van der Waals surface area contributed by atoms with Crippen LogP contribution in [-0.4, -0.2) is 37.5 Å². The molecule has 0 aromatic carbocycles. The summed E-state index contributed by atoms with van der Waals surface area (Å²) in [6, 6.07) is 0. The topological polar surface area (TPSA) is 78.9 Å². The van der Waals surface area contributed by atoms with Gasteiger partial charge in [0.25, 0.3) is 0 Å². The third-order valence-electron chi connectivity index (χ3n) is 2.15. The van der Waals surface area contributed by atoms with Crippen LogP contribution in [0.1, 0.15) is 34.1 Å². The Bertz CT molecular complexity index is 413. The van der Waals surface area contributed by atoms with Crippen molar-refractivity contribution in [3.8, 4) is 0 Å². The summed E-state index contributed by atoms with van der Waals surface area (Å²) in [5.74, 6) is -2.14. The van der Waals surface area contributed by atoms with Gasteiger partial charge in [-0.3, -0.25) is 0 Å². The molecule has 0 N–H and O–H groups in total. The van der Waals surface area contributed by atoms with Crippen LogP contribution in [0.25, 0.3) is 0 Å². The molecular formula is C14H22O6Sn. The van der Waals surface area contributed by atoms with Crippen LogP contribution in [0.15, 0.2) is 25.3 Å². The molecule has 118 valence electrons. The molecule has 0 aromatic heterocycles. The van der Waals surface area contributed by atoms with E-state index in [4.69, 9.17) is 9.22 Å². The second-order valence-corrected chi connectivity index (χ2v) is 12.2. The average Bonchev–Trinajstić information content (AvgIpc) is 2.35. The number of rotatable bonds is 7. The van der Waals surface area contributed by atoms with Crippen molar-refractivity contribution >= 4 is 37.5 Å². The van der Waals surface area contributed by atoms with E-state index in [0.717, 1.165) is 12.2 Å². The fourth-order valence-corrected chi connectivity index (χ4v) is 9.77. The second-order valence-electron chi connectivity index (χ2n) is 5.50. The third-order valence-corrected chi connectivity index (χ3v) is 10.9. The zero-order chi connectivity index (χ0) is 16.7. The van der Waals surface area contributed by atoms with Gasteiger partial charge in [-0.25, -0.2) is 0 Å². The van der Waals surface area contributed by atoms with E-state index in [1.165, 1.54) is 0 Å². The predicted octanol–water partition coefficient (Wildman–Crippen LogP) is 2.38. The zero-order valence-electron chi connectivity index (χ0n) is 12.9. The van der Waals surface area contributed by atoms with Gasteiger partial charge in [0.1, 0.15) is 0 Å². The molecule has 0 aliphatic rings. The Morgan fingerprint density at radius 2 is 1.43 bits per heavy atom. The van der Waals surface area contributed by atoms with Crippen LogP contribution >= 0.6 is 0 Å². The average molecular weight is 405 g/mol. The summed E-state index contributed by atoms with van der Waals surface area (Å²) in [5.41, 5.74) is -0.368. The molecular weight excluding hydrogens is 383 g/mol. The normalized spacial score (nSPS) is 11.2. The van der Waals surface area contributed by atoms with Crippen molar-refractivity contribution in [2.45, 2.75) is 38.6 Å². The number of carbonyl (C=O) groups is 3. The van der Waals surface area contributed by atoms with Crippen molar-refractivity contribution in [3.63, 3.8) is 0 Å². The summed E-state index contributed by atoms with van der Waals surface area (Å²) < 4.78 is 15.9. The Balaban J connectivity index is 5.59. The Morgan fingerprint density at radius 1 is 1.00 bits per heavy atom. The van der Waals surface area contributed by atoms with Crippen molar-refractivity contribution in [2.75, 3.05) is 0 Å². The van der Waals surface area contributed by atoms with E-state index in [0.29, 0.717) is 0 Å².